The Morgan fingerprint density at radius 2 is 1.92 bits per heavy atom. The Bertz CT molecular complexity index is 610. The predicted octanol–water partition coefficient (Wildman–Crippen LogP) is -2.66. The number of hydrogen-bond acceptors (Lipinski definition) is 6. The fourth-order valence-electron chi connectivity index (χ4n) is 2.55. The molecular weight excluding hydrogens is 344 g/mol. The molecule has 2 rings (SSSR count). The van der Waals surface area contributed by atoms with Crippen LogP contribution in [0.25, 0.3) is 0 Å². The number of likely N-dealkylation sites (tertiary alicyclic amines) is 1. The summed E-state index contributed by atoms with van der Waals surface area (Å²) >= 11 is 0. The van der Waals surface area contributed by atoms with Gasteiger partial charge in [0.25, 0.3) is 0 Å². The van der Waals surface area contributed by atoms with Crippen LogP contribution in [0.15, 0.2) is 30.3 Å². The Hall–Kier alpha value is -1.53. The Kier molecular flexibility index (Phi) is 12.0. The molecule has 1 aromatic carbocycles. The Balaban J connectivity index is 0.00000146. The Morgan fingerprint density at radius 1 is 1.35 bits per heavy atom. The number of esters is 1. The summed E-state index contributed by atoms with van der Waals surface area (Å²) < 4.78 is 10.1. The molecule has 0 spiro atoms. The Labute approximate surface area is 177 Å². The minimum Gasteiger partial charge on any atom is -0.467 e. The molecule has 2 atom stereocenters. The van der Waals surface area contributed by atoms with Gasteiger partial charge in [-0.15, -0.1) is 0 Å². The first kappa shape index (κ1) is 24.5. The molecule has 0 unspecified atom stereocenters. The number of carbonyl (C=O) groups excluding carboxylic acids is 2. The fourth-order valence-corrected chi connectivity index (χ4v) is 2.55. The van der Waals surface area contributed by atoms with Gasteiger partial charge in [0.1, 0.15) is 12.6 Å². The minimum atomic E-state index is -0.583. The van der Waals surface area contributed by atoms with Crippen LogP contribution < -0.4 is 29.6 Å². The van der Waals surface area contributed by atoms with Crippen molar-refractivity contribution in [3.8, 4) is 5.97 Å². The number of rotatable bonds is 4. The molecule has 26 heavy (non-hydrogen) atoms. The molecule has 0 saturated carbocycles. The molecule has 0 bridgehead atoms. The number of amides is 1. The van der Waals surface area contributed by atoms with Crippen LogP contribution in [0.5, 0.6) is 0 Å². The zero-order valence-electron chi connectivity index (χ0n) is 15.1. The molecule has 1 amide bonds. The summed E-state index contributed by atoms with van der Waals surface area (Å²) in [7, 11) is 5.26. The SMILES string of the molecule is COC(=O)[C@@H]1C[C@@H](N(C)C)CN1C(=O)OCc1ccccc1.[BH3-]C#N.[Na+]. The van der Waals surface area contributed by atoms with Crippen LogP contribution in [-0.4, -0.2) is 69.5 Å². The number of hydrogen-bond donors (Lipinski definition) is 0. The van der Waals surface area contributed by atoms with Gasteiger partial charge in [-0.3, -0.25) is 10.2 Å². The van der Waals surface area contributed by atoms with Gasteiger partial charge < -0.3 is 14.4 Å². The van der Waals surface area contributed by atoms with E-state index in [0.29, 0.717) is 13.0 Å². The third kappa shape index (κ3) is 7.38. The topological polar surface area (TPSA) is 82.9 Å². The van der Waals surface area contributed by atoms with E-state index in [9.17, 15) is 9.59 Å². The summed E-state index contributed by atoms with van der Waals surface area (Å²) in [5.41, 5.74) is 0.911. The van der Waals surface area contributed by atoms with Gasteiger partial charge in [0, 0.05) is 12.6 Å². The molecule has 1 saturated heterocycles. The molecule has 0 aliphatic carbocycles. The molecule has 1 aliphatic heterocycles. The summed E-state index contributed by atoms with van der Waals surface area (Å²) in [5.74, 6) is 1.60. The van der Waals surface area contributed by atoms with E-state index in [1.807, 2.05) is 55.3 Å². The van der Waals surface area contributed by atoms with Gasteiger partial charge in [-0.2, -0.15) is 5.97 Å². The second kappa shape index (κ2) is 12.8. The zero-order chi connectivity index (χ0) is 18.8. The van der Waals surface area contributed by atoms with Crippen molar-refractivity contribution in [2.24, 2.45) is 0 Å². The molecule has 1 heterocycles. The van der Waals surface area contributed by atoms with Crippen LogP contribution in [0, 0.1) is 11.2 Å². The van der Waals surface area contributed by atoms with Gasteiger partial charge in [-0.05, 0) is 26.1 Å². The van der Waals surface area contributed by atoms with Gasteiger partial charge in [0.15, 0.2) is 0 Å². The van der Waals surface area contributed by atoms with Crippen molar-refractivity contribution in [1.29, 1.82) is 5.26 Å². The number of carbonyl (C=O) groups is 2. The molecule has 1 fully saturated rings. The summed E-state index contributed by atoms with van der Waals surface area (Å²) in [6, 6.07) is 8.99. The van der Waals surface area contributed by atoms with Gasteiger partial charge in [0.2, 0.25) is 0 Å². The molecule has 9 heteroatoms. The van der Waals surface area contributed by atoms with Crippen molar-refractivity contribution < 1.29 is 48.6 Å². The first-order valence-electron chi connectivity index (χ1n) is 7.47. The monoisotopic (exact) mass is 369 g/mol. The first-order valence-corrected chi connectivity index (χ1v) is 7.47. The van der Waals surface area contributed by atoms with E-state index in [0.717, 1.165) is 5.56 Å². The van der Waals surface area contributed by atoms with E-state index in [2.05, 4.69) is 0 Å². The standard InChI is InChI=1S/C16H22N2O4.CH3BN.Na/c1-17(2)13-9-14(15(19)21-3)18(10-13)16(20)22-11-12-7-5-4-6-8-12;2-1-3;/h4-8,13-14H,9-11H2,1-3H3;2H3;/q;-1;+1/t13-,14+;;/m1../s1. The third-order valence-corrected chi connectivity index (χ3v) is 3.92. The van der Waals surface area contributed by atoms with Crippen molar-refractivity contribution in [3.05, 3.63) is 35.9 Å². The smallest absolute Gasteiger partial charge is 0.467 e. The maximum Gasteiger partial charge on any atom is 1.00 e. The zero-order valence-corrected chi connectivity index (χ0v) is 17.1. The molecular formula is C17H25BN3NaO4. The van der Waals surface area contributed by atoms with E-state index in [-0.39, 0.29) is 50.1 Å². The summed E-state index contributed by atoms with van der Waals surface area (Å²) in [6.45, 7) is 0.650. The van der Waals surface area contributed by atoms with Crippen LogP contribution in [0.2, 0.25) is 0 Å². The number of benzene rings is 1. The van der Waals surface area contributed by atoms with Crippen molar-refractivity contribution >= 4 is 19.9 Å². The van der Waals surface area contributed by atoms with Crippen LogP contribution in [0.1, 0.15) is 12.0 Å². The summed E-state index contributed by atoms with van der Waals surface area (Å²) in [6.07, 6.45) is 0.0729. The van der Waals surface area contributed by atoms with Crippen molar-refractivity contribution in [3.63, 3.8) is 0 Å². The molecule has 0 radical (unpaired) electrons. The van der Waals surface area contributed by atoms with Crippen molar-refractivity contribution in [2.75, 3.05) is 27.7 Å². The largest absolute Gasteiger partial charge is 1.00 e. The summed E-state index contributed by atoms with van der Waals surface area (Å²) in [5, 5.41) is 7.43. The third-order valence-electron chi connectivity index (χ3n) is 3.92. The molecule has 0 N–H and O–H groups in total. The van der Waals surface area contributed by atoms with E-state index >= 15 is 0 Å². The summed E-state index contributed by atoms with van der Waals surface area (Å²) in [4.78, 5) is 27.6. The maximum absolute atomic E-state index is 12.3. The second-order valence-electron chi connectivity index (χ2n) is 5.58. The van der Waals surface area contributed by atoms with Crippen LogP contribution >= 0.6 is 0 Å². The number of methoxy groups -OCH3 is 1. The average molecular weight is 369 g/mol. The molecule has 136 valence electrons. The molecule has 7 nitrogen and oxygen atoms in total. The first-order chi connectivity index (χ1) is 11.9. The van der Waals surface area contributed by atoms with Gasteiger partial charge in [0.05, 0.1) is 15.0 Å². The number of ether oxygens (including phenoxy) is 2. The molecule has 1 aromatic rings. The van der Waals surface area contributed by atoms with E-state index in [4.69, 9.17) is 14.7 Å². The van der Waals surface area contributed by atoms with E-state index in [1.165, 1.54) is 12.0 Å². The van der Waals surface area contributed by atoms with E-state index in [1.54, 1.807) is 0 Å². The van der Waals surface area contributed by atoms with Crippen molar-refractivity contribution in [1.82, 2.24) is 9.80 Å². The number of nitriles is 1. The minimum absolute atomic E-state index is 0. The fraction of sp³-hybridized carbons (Fsp3) is 0.471. The number of nitrogens with zero attached hydrogens (tertiary/aromatic N) is 3. The van der Waals surface area contributed by atoms with E-state index < -0.39 is 18.1 Å². The predicted molar refractivity (Wildman–Crippen MR) is 96.8 cm³/mol. The van der Waals surface area contributed by atoms with Crippen LogP contribution in [0.3, 0.4) is 0 Å². The van der Waals surface area contributed by atoms with Crippen LogP contribution in [0.4, 0.5) is 4.79 Å². The Morgan fingerprint density at radius 3 is 2.42 bits per heavy atom. The average Bonchev–Trinajstić information content (AvgIpc) is 3.06. The van der Waals surface area contributed by atoms with Crippen LogP contribution in [-0.2, 0) is 20.9 Å². The van der Waals surface area contributed by atoms with Gasteiger partial charge in [-0.1, -0.05) is 30.3 Å². The normalized spacial score (nSPS) is 18.1. The second-order valence-corrected chi connectivity index (χ2v) is 5.58. The molecule has 1 aliphatic rings. The quantitative estimate of drug-likeness (QED) is 0.426. The van der Waals surface area contributed by atoms with Crippen molar-refractivity contribution in [2.45, 2.75) is 25.1 Å². The van der Waals surface area contributed by atoms with Gasteiger partial charge >= 0.3 is 41.6 Å². The molecule has 0 aromatic heterocycles. The number of likely N-dealkylation sites (N-methyl/N-ethyl adjacent to an activating group) is 1. The van der Waals surface area contributed by atoms with Gasteiger partial charge in [-0.25, -0.2) is 9.59 Å². The maximum atomic E-state index is 12.3.